The number of benzene rings is 1. The van der Waals surface area contributed by atoms with Gasteiger partial charge in [-0.25, -0.2) is 0 Å². The molecule has 1 unspecified atom stereocenters. The van der Waals surface area contributed by atoms with Crippen molar-refractivity contribution in [3.05, 3.63) is 33.3 Å². The van der Waals surface area contributed by atoms with E-state index in [4.69, 9.17) is 11.6 Å². The Kier molecular flexibility index (Phi) is 4.25. The van der Waals surface area contributed by atoms with E-state index >= 15 is 0 Å². The number of rotatable bonds is 4. The lowest BCUT2D eigenvalue weighted by Gasteiger charge is -2.26. The molecule has 0 saturated carbocycles. The summed E-state index contributed by atoms with van der Waals surface area (Å²) in [5.74, 6) is -0.145. The molecule has 1 aliphatic heterocycles. The van der Waals surface area contributed by atoms with Crippen molar-refractivity contribution in [2.45, 2.75) is 31.7 Å². The molecular formula is C13H16ClN3O3. The fourth-order valence-electron chi connectivity index (χ4n) is 2.42. The number of carbonyl (C=O) groups excluding carboxylic acids is 1. The van der Waals surface area contributed by atoms with E-state index in [2.05, 4.69) is 10.6 Å². The van der Waals surface area contributed by atoms with Crippen molar-refractivity contribution >= 4 is 28.9 Å². The average molecular weight is 298 g/mol. The SMILES string of the molecule is CCC1(C(=O)Nc2ccc([N+](=O)[O-])cc2Cl)CCCN1. The molecule has 1 fully saturated rings. The monoisotopic (exact) mass is 297 g/mol. The van der Waals surface area contributed by atoms with Gasteiger partial charge in [0.05, 0.1) is 21.2 Å². The predicted molar refractivity (Wildman–Crippen MR) is 77.0 cm³/mol. The number of nitrogens with zero attached hydrogens (tertiary/aromatic N) is 1. The third-order valence-electron chi connectivity index (χ3n) is 3.69. The number of nitro benzene ring substituents is 1. The summed E-state index contributed by atoms with van der Waals surface area (Å²) in [5.41, 5.74) is -0.272. The van der Waals surface area contributed by atoms with Crippen LogP contribution in [0.3, 0.4) is 0 Å². The van der Waals surface area contributed by atoms with Crippen LogP contribution < -0.4 is 10.6 Å². The van der Waals surface area contributed by atoms with Crippen molar-refractivity contribution in [2.24, 2.45) is 0 Å². The number of carbonyl (C=O) groups is 1. The third-order valence-corrected chi connectivity index (χ3v) is 4.01. The molecule has 0 bridgehead atoms. The first kappa shape index (κ1) is 14.7. The highest BCUT2D eigenvalue weighted by molar-refractivity contribution is 6.34. The van der Waals surface area contributed by atoms with Crippen molar-refractivity contribution in [3.63, 3.8) is 0 Å². The number of halogens is 1. The van der Waals surface area contributed by atoms with Crippen LogP contribution in [-0.4, -0.2) is 22.9 Å². The van der Waals surface area contributed by atoms with Crippen molar-refractivity contribution in [1.82, 2.24) is 5.32 Å². The molecule has 108 valence electrons. The molecule has 2 N–H and O–H groups in total. The van der Waals surface area contributed by atoms with Gasteiger partial charge in [0.2, 0.25) is 5.91 Å². The molecule has 0 radical (unpaired) electrons. The summed E-state index contributed by atoms with van der Waals surface area (Å²) in [6.07, 6.45) is 2.42. The van der Waals surface area contributed by atoms with Crippen LogP contribution >= 0.6 is 11.6 Å². The number of nitrogens with one attached hydrogen (secondary N) is 2. The Morgan fingerprint density at radius 3 is 2.85 bits per heavy atom. The maximum atomic E-state index is 12.4. The second kappa shape index (κ2) is 5.76. The molecule has 2 rings (SSSR count). The maximum absolute atomic E-state index is 12.4. The van der Waals surface area contributed by atoms with E-state index in [1.165, 1.54) is 18.2 Å². The van der Waals surface area contributed by atoms with Gasteiger partial charge in [0, 0.05) is 12.1 Å². The Morgan fingerprint density at radius 2 is 2.35 bits per heavy atom. The average Bonchev–Trinajstić information content (AvgIpc) is 2.90. The summed E-state index contributed by atoms with van der Waals surface area (Å²) in [7, 11) is 0. The number of nitro groups is 1. The van der Waals surface area contributed by atoms with E-state index in [1.807, 2.05) is 6.92 Å². The number of hydrogen-bond donors (Lipinski definition) is 2. The quantitative estimate of drug-likeness (QED) is 0.661. The first-order valence-electron chi connectivity index (χ1n) is 6.49. The largest absolute Gasteiger partial charge is 0.323 e. The summed E-state index contributed by atoms with van der Waals surface area (Å²) >= 11 is 5.97. The van der Waals surface area contributed by atoms with Gasteiger partial charge >= 0.3 is 0 Å². The normalized spacial score (nSPS) is 21.7. The van der Waals surface area contributed by atoms with Crippen LogP contribution in [0, 0.1) is 10.1 Å². The third kappa shape index (κ3) is 2.76. The predicted octanol–water partition coefficient (Wildman–Crippen LogP) is 2.72. The van der Waals surface area contributed by atoms with E-state index in [1.54, 1.807) is 0 Å². The molecule has 7 heteroatoms. The Hall–Kier alpha value is -1.66. The van der Waals surface area contributed by atoms with Gasteiger partial charge in [0.15, 0.2) is 0 Å². The molecule has 0 aliphatic carbocycles. The highest BCUT2D eigenvalue weighted by Crippen LogP contribution is 2.29. The van der Waals surface area contributed by atoms with Gasteiger partial charge in [0.25, 0.3) is 5.69 Å². The van der Waals surface area contributed by atoms with Gasteiger partial charge in [0.1, 0.15) is 0 Å². The highest BCUT2D eigenvalue weighted by atomic mass is 35.5. The summed E-state index contributed by atoms with van der Waals surface area (Å²) in [6, 6.07) is 4.01. The summed E-state index contributed by atoms with van der Waals surface area (Å²) in [4.78, 5) is 22.5. The molecule has 1 amide bonds. The molecule has 1 saturated heterocycles. The first-order valence-corrected chi connectivity index (χ1v) is 6.87. The molecule has 1 aliphatic rings. The van der Waals surface area contributed by atoms with Crippen LogP contribution in [0.2, 0.25) is 5.02 Å². The van der Waals surface area contributed by atoms with Crippen molar-refractivity contribution in [1.29, 1.82) is 0 Å². The number of anilines is 1. The Morgan fingerprint density at radius 1 is 1.60 bits per heavy atom. The number of amides is 1. The van der Waals surface area contributed by atoms with Crippen molar-refractivity contribution < 1.29 is 9.72 Å². The van der Waals surface area contributed by atoms with Crippen LogP contribution in [0.25, 0.3) is 0 Å². The maximum Gasteiger partial charge on any atom is 0.271 e. The van der Waals surface area contributed by atoms with Crippen LogP contribution in [0.1, 0.15) is 26.2 Å². The van der Waals surface area contributed by atoms with E-state index in [-0.39, 0.29) is 16.6 Å². The topological polar surface area (TPSA) is 84.3 Å². The minimum absolute atomic E-state index is 0.0998. The fourth-order valence-corrected chi connectivity index (χ4v) is 2.65. The molecular weight excluding hydrogens is 282 g/mol. The molecule has 1 heterocycles. The van der Waals surface area contributed by atoms with Crippen LogP contribution in [-0.2, 0) is 4.79 Å². The van der Waals surface area contributed by atoms with Gasteiger partial charge in [-0.3, -0.25) is 14.9 Å². The van der Waals surface area contributed by atoms with Crippen LogP contribution in [0.5, 0.6) is 0 Å². The van der Waals surface area contributed by atoms with E-state index in [9.17, 15) is 14.9 Å². The Bertz CT molecular complexity index is 542. The fraction of sp³-hybridized carbons (Fsp3) is 0.462. The minimum atomic E-state index is -0.564. The highest BCUT2D eigenvalue weighted by Gasteiger charge is 2.39. The lowest BCUT2D eigenvalue weighted by molar-refractivity contribution is -0.384. The van der Waals surface area contributed by atoms with Crippen LogP contribution in [0.4, 0.5) is 11.4 Å². The van der Waals surface area contributed by atoms with E-state index in [0.717, 1.165) is 19.4 Å². The summed E-state index contributed by atoms with van der Waals surface area (Å²) < 4.78 is 0. The van der Waals surface area contributed by atoms with Gasteiger partial charge in [-0.05, 0) is 31.9 Å². The standard InChI is InChI=1S/C13H16ClN3O3/c1-2-13(6-3-7-15-13)12(18)16-11-5-4-9(17(19)20)8-10(11)14/h4-5,8,15H,2-3,6-7H2,1H3,(H,16,18). The first-order chi connectivity index (χ1) is 9.48. The lowest BCUT2D eigenvalue weighted by atomic mass is 9.93. The molecule has 0 spiro atoms. The molecule has 1 aromatic rings. The second-order valence-corrected chi connectivity index (χ2v) is 5.25. The van der Waals surface area contributed by atoms with Gasteiger partial charge in [-0.2, -0.15) is 0 Å². The summed E-state index contributed by atoms with van der Waals surface area (Å²) in [6.45, 7) is 2.77. The number of hydrogen-bond acceptors (Lipinski definition) is 4. The Balaban J connectivity index is 2.17. The molecule has 20 heavy (non-hydrogen) atoms. The van der Waals surface area contributed by atoms with E-state index < -0.39 is 10.5 Å². The molecule has 0 aromatic heterocycles. The zero-order chi connectivity index (χ0) is 14.8. The molecule has 1 aromatic carbocycles. The number of non-ortho nitro benzene ring substituents is 1. The Labute approximate surface area is 121 Å². The summed E-state index contributed by atoms with van der Waals surface area (Å²) in [5, 5.41) is 16.8. The van der Waals surface area contributed by atoms with Gasteiger partial charge in [-0.15, -0.1) is 0 Å². The van der Waals surface area contributed by atoms with E-state index in [0.29, 0.717) is 12.1 Å². The van der Waals surface area contributed by atoms with Crippen molar-refractivity contribution in [3.8, 4) is 0 Å². The van der Waals surface area contributed by atoms with Crippen LogP contribution in [0.15, 0.2) is 18.2 Å². The van der Waals surface area contributed by atoms with Gasteiger partial charge in [-0.1, -0.05) is 18.5 Å². The minimum Gasteiger partial charge on any atom is -0.323 e. The molecule has 6 nitrogen and oxygen atoms in total. The zero-order valence-corrected chi connectivity index (χ0v) is 11.9. The molecule has 1 atom stereocenters. The zero-order valence-electron chi connectivity index (χ0n) is 11.1. The van der Waals surface area contributed by atoms with Gasteiger partial charge < -0.3 is 10.6 Å². The second-order valence-electron chi connectivity index (χ2n) is 4.84. The smallest absolute Gasteiger partial charge is 0.271 e. The van der Waals surface area contributed by atoms with Crippen molar-refractivity contribution in [2.75, 3.05) is 11.9 Å². The lowest BCUT2D eigenvalue weighted by Crippen LogP contribution is -2.50.